The Bertz CT molecular complexity index is 1260. The first kappa shape index (κ1) is 24.7. The van der Waals surface area contributed by atoms with Crippen molar-refractivity contribution in [2.45, 2.75) is 51.0 Å². The molecule has 3 unspecified atom stereocenters. The molecule has 3 aliphatic rings. The van der Waals surface area contributed by atoms with Crippen LogP contribution in [0.25, 0.3) is 10.1 Å². The summed E-state index contributed by atoms with van der Waals surface area (Å²) in [4.78, 5) is 13.2. The molecule has 2 aromatic carbocycles. The number of nitrogens with one attached hydrogen (secondary N) is 1. The maximum absolute atomic E-state index is 13.1. The lowest BCUT2D eigenvalue weighted by atomic mass is 9.47. The van der Waals surface area contributed by atoms with Gasteiger partial charge in [-0.05, 0) is 73.8 Å². The molecular formula is C26H31NO5S2. The lowest BCUT2D eigenvalue weighted by molar-refractivity contribution is -0.0843. The predicted octanol–water partition coefficient (Wildman–Crippen LogP) is 5.22. The van der Waals surface area contributed by atoms with Crippen molar-refractivity contribution in [2.75, 3.05) is 6.61 Å². The van der Waals surface area contributed by atoms with E-state index in [1.807, 2.05) is 5.38 Å². The van der Waals surface area contributed by atoms with E-state index < -0.39 is 10.1 Å². The molecule has 6 rings (SSSR count). The summed E-state index contributed by atoms with van der Waals surface area (Å²) in [7, 11) is -3.93. The van der Waals surface area contributed by atoms with Gasteiger partial charge in [0, 0.05) is 28.1 Å². The number of carbonyl (C=O) groups is 1. The Labute approximate surface area is 205 Å². The number of aliphatic hydroxyl groups excluding tert-OH is 1. The molecule has 1 amide bonds. The van der Waals surface area contributed by atoms with Crippen LogP contribution in [0.4, 0.5) is 0 Å². The summed E-state index contributed by atoms with van der Waals surface area (Å²) in [6.45, 7) is 6.54. The van der Waals surface area contributed by atoms with Crippen LogP contribution in [0, 0.1) is 17.3 Å². The Morgan fingerprint density at radius 3 is 2.53 bits per heavy atom. The summed E-state index contributed by atoms with van der Waals surface area (Å²) in [5.41, 5.74) is 0.863. The van der Waals surface area contributed by atoms with Gasteiger partial charge in [-0.1, -0.05) is 32.0 Å². The molecule has 8 heteroatoms. The fourth-order valence-electron chi connectivity index (χ4n) is 5.23. The lowest BCUT2D eigenvalue weighted by Gasteiger charge is -2.60. The SMILES string of the molecule is CC1(C)C2CCC(NC(=O)c3csc4ccc(OS(=O)(=O)c5ccccc5)cc34)C1C2.CCO. The Hall–Kier alpha value is -2.42. The van der Waals surface area contributed by atoms with Crippen LogP contribution in [0.2, 0.25) is 0 Å². The number of hydrogen-bond acceptors (Lipinski definition) is 6. The van der Waals surface area contributed by atoms with Crippen LogP contribution >= 0.6 is 11.3 Å². The minimum absolute atomic E-state index is 0.0945. The molecule has 2 bridgehead atoms. The highest BCUT2D eigenvalue weighted by molar-refractivity contribution is 7.87. The number of fused-ring (bicyclic) bond motifs is 3. The predicted molar refractivity (Wildman–Crippen MR) is 135 cm³/mol. The maximum atomic E-state index is 13.1. The van der Waals surface area contributed by atoms with Crippen molar-refractivity contribution >= 4 is 37.4 Å². The molecule has 3 atom stereocenters. The number of hydrogen-bond donors (Lipinski definition) is 2. The molecule has 3 saturated carbocycles. The largest absolute Gasteiger partial charge is 0.397 e. The van der Waals surface area contributed by atoms with Crippen molar-refractivity contribution in [3.05, 3.63) is 59.5 Å². The molecule has 0 saturated heterocycles. The van der Waals surface area contributed by atoms with Gasteiger partial charge in [0.1, 0.15) is 10.6 Å². The van der Waals surface area contributed by atoms with E-state index in [0.29, 0.717) is 22.3 Å². The number of thiophene rings is 1. The minimum Gasteiger partial charge on any atom is -0.397 e. The van der Waals surface area contributed by atoms with Crippen molar-refractivity contribution in [2.24, 2.45) is 17.3 Å². The van der Waals surface area contributed by atoms with Gasteiger partial charge >= 0.3 is 10.1 Å². The molecular weight excluding hydrogens is 470 g/mol. The van der Waals surface area contributed by atoms with E-state index >= 15 is 0 Å². The molecule has 182 valence electrons. The van der Waals surface area contributed by atoms with Gasteiger partial charge in [-0.3, -0.25) is 4.79 Å². The molecule has 3 aliphatic carbocycles. The van der Waals surface area contributed by atoms with Crippen LogP contribution in [-0.4, -0.2) is 32.1 Å². The summed E-state index contributed by atoms with van der Waals surface area (Å²) in [5, 5.41) is 13.4. The van der Waals surface area contributed by atoms with Crippen molar-refractivity contribution in [3.8, 4) is 5.75 Å². The monoisotopic (exact) mass is 501 g/mol. The van der Waals surface area contributed by atoms with Crippen LogP contribution in [0.5, 0.6) is 5.75 Å². The molecule has 3 aromatic rings. The molecule has 0 aliphatic heterocycles. The minimum atomic E-state index is -3.93. The average molecular weight is 502 g/mol. The van der Waals surface area contributed by atoms with Crippen LogP contribution in [-0.2, 0) is 10.1 Å². The smallest absolute Gasteiger partial charge is 0.339 e. The second-order valence-corrected chi connectivity index (χ2v) is 11.9. The Balaban J connectivity index is 0.000000868. The zero-order valence-electron chi connectivity index (χ0n) is 19.7. The first-order valence-electron chi connectivity index (χ1n) is 11.6. The molecule has 3 fully saturated rings. The third-order valence-corrected chi connectivity index (χ3v) is 9.43. The standard InChI is InChI=1S/C24H25NO4S2.C2H6O/c1-24(2)15-8-10-21(20(24)12-15)25-23(26)19-14-30-22-11-9-16(13-18(19)22)29-31(27,28)17-6-4-3-5-7-17;1-2-3/h3-7,9,11,13-15,20-21H,8,10,12H2,1-2H3,(H,25,26);3H,2H2,1H3. The van der Waals surface area contributed by atoms with E-state index in [-0.39, 0.29) is 29.2 Å². The molecule has 2 N–H and O–H groups in total. The third-order valence-electron chi connectivity index (χ3n) is 7.20. The summed E-state index contributed by atoms with van der Waals surface area (Å²) in [6, 6.07) is 13.3. The number of aliphatic hydroxyl groups is 1. The quantitative estimate of drug-likeness (QED) is 0.468. The first-order chi connectivity index (χ1) is 16.2. The maximum Gasteiger partial charge on any atom is 0.339 e. The molecule has 1 heterocycles. The number of rotatable bonds is 5. The van der Waals surface area contributed by atoms with Crippen LogP contribution < -0.4 is 9.50 Å². The number of carbonyl (C=O) groups excluding carboxylic acids is 1. The normalized spacial score (nSPS) is 22.8. The second-order valence-electron chi connectivity index (χ2n) is 9.49. The summed E-state index contributed by atoms with van der Waals surface area (Å²) < 4.78 is 31.4. The summed E-state index contributed by atoms with van der Waals surface area (Å²) >= 11 is 1.47. The summed E-state index contributed by atoms with van der Waals surface area (Å²) in [6.07, 6.45) is 3.38. The van der Waals surface area contributed by atoms with Gasteiger partial charge in [0.05, 0.1) is 5.56 Å². The highest BCUT2D eigenvalue weighted by Crippen LogP contribution is 2.59. The molecule has 1 aromatic heterocycles. The Morgan fingerprint density at radius 1 is 1.18 bits per heavy atom. The molecule has 6 nitrogen and oxygen atoms in total. The van der Waals surface area contributed by atoms with Gasteiger partial charge in [-0.2, -0.15) is 8.42 Å². The van der Waals surface area contributed by atoms with Crippen LogP contribution in [0.15, 0.2) is 58.8 Å². The van der Waals surface area contributed by atoms with E-state index in [2.05, 4.69) is 19.2 Å². The Kier molecular flexibility index (Phi) is 7.03. The second kappa shape index (κ2) is 9.68. The van der Waals surface area contributed by atoms with Crippen molar-refractivity contribution in [1.29, 1.82) is 0 Å². The average Bonchev–Trinajstić information content (AvgIpc) is 3.23. The summed E-state index contributed by atoms with van der Waals surface area (Å²) in [5.74, 6) is 1.40. The third kappa shape index (κ3) is 4.72. The fourth-order valence-corrected chi connectivity index (χ4v) is 7.09. The fraction of sp³-hybridized carbons (Fsp3) is 0.423. The van der Waals surface area contributed by atoms with Gasteiger partial charge < -0.3 is 14.6 Å². The van der Waals surface area contributed by atoms with Gasteiger partial charge in [-0.15, -0.1) is 11.3 Å². The highest BCUT2D eigenvalue weighted by atomic mass is 32.2. The van der Waals surface area contributed by atoms with Crippen molar-refractivity contribution in [1.82, 2.24) is 5.32 Å². The molecule has 0 spiro atoms. The topological polar surface area (TPSA) is 92.7 Å². The van der Waals surface area contributed by atoms with Gasteiger partial charge in [-0.25, -0.2) is 0 Å². The molecule has 0 radical (unpaired) electrons. The first-order valence-corrected chi connectivity index (χ1v) is 13.9. The zero-order valence-corrected chi connectivity index (χ0v) is 21.3. The lowest BCUT2D eigenvalue weighted by Crippen LogP contribution is -2.59. The molecule has 34 heavy (non-hydrogen) atoms. The van der Waals surface area contributed by atoms with Crippen molar-refractivity contribution in [3.63, 3.8) is 0 Å². The van der Waals surface area contributed by atoms with E-state index in [0.717, 1.165) is 23.5 Å². The van der Waals surface area contributed by atoms with E-state index in [1.165, 1.54) is 29.9 Å². The van der Waals surface area contributed by atoms with Gasteiger partial charge in [0.15, 0.2) is 0 Å². The Morgan fingerprint density at radius 2 is 1.88 bits per heavy atom. The van der Waals surface area contributed by atoms with Gasteiger partial charge in [0.2, 0.25) is 0 Å². The highest BCUT2D eigenvalue weighted by Gasteiger charge is 2.54. The number of amides is 1. The van der Waals surface area contributed by atoms with Crippen molar-refractivity contribution < 1.29 is 22.5 Å². The van der Waals surface area contributed by atoms with Crippen LogP contribution in [0.1, 0.15) is 50.4 Å². The van der Waals surface area contributed by atoms with Crippen LogP contribution in [0.3, 0.4) is 0 Å². The van der Waals surface area contributed by atoms with E-state index in [9.17, 15) is 13.2 Å². The van der Waals surface area contributed by atoms with E-state index in [1.54, 1.807) is 43.3 Å². The number of benzene rings is 2. The zero-order chi connectivity index (χ0) is 24.5. The van der Waals surface area contributed by atoms with E-state index in [4.69, 9.17) is 9.29 Å². The van der Waals surface area contributed by atoms with Gasteiger partial charge in [0.25, 0.3) is 5.91 Å².